The number of H-pyrrole nitrogens is 1. The number of nitrogens with one attached hydrogen (secondary N) is 1. The van der Waals surface area contributed by atoms with Crippen LogP contribution in [-0.2, 0) is 11.3 Å². The van der Waals surface area contributed by atoms with Crippen LogP contribution in [0, 0.1) is 6.92 Å². The number of ether oxygens (including phenoxy) is 2. The van der Waals surface area contributed by atoms with E-state index in [-0.39, 0.29) is 30.1 Å². The van der Waals surface area contributed by atoms with Crippen molar-refractivity contribution in [3.63, 3.8) is 0 Å². The molecular weight excluding hydrogens is 270 g/mol. The molecule has 0 radical (unpaired) electrons. The molecule has 2 aromatic rings. The molecule has 0 spiro atoms. The van der Waals surface area contributed by atoms with Gasteiger partial charge in [-0.1, -0.05) is 30.3 Å². The average molecular weight is 287 g/mol. The summed E-state index contributed by atoms with van der Waals surface area (Å²) in [6.45, 7) is 3.90. The monoisotopic (exact) mass is 287 g/mol. The quantitative estimate of drug-likeness (QED) is 0.858. The molecule has 0 unspecified atom stereocenters. The van der Waals surface area contributed by atoms with Gasteiger partial charge >= 0.3 is 5.97 Å². The van der Waals surface area contributed by atoms with Crippen LogP contribution in [0.1, 0.15) is 28.5 Å². The zero-order chi connectivity index (χ0) is 15.2. The zero-order valence-electron chi connectivity index (χ0n) is 12.0. The molecule has 0 saturated heterocycles. The minimum atomic E-state index is -0.505. The SMILES string of the molecule is CCOC(=O)c1c(OCc2ccccc2)cc(=O)[nH]c1C. The number of rotatable bonds is 5. The predicted octanol–water partition coefficient (Wildman–Crippen LogP) is 2.44. The Bertz CT molecular complexity index is 676. The van der Waals surface area contributed by atoms with E-state index in [2.05, 4.69) is 4.98 Å². The maximum absolute atomic E-state index is 12.0. The number of hydrogen-bond acceptors (Lipinski definition) is 4. The van der Waals surface area contributed by atoms with Crippen molar-refractivity contribution >= 4 is 5.97 Å². The molecule has 21 heavy (non-hydrogen) atoms. The highest BCUT2D eigenvalue weighted by molar-refractivity contribution is 5.93. The molecule has 1 aromatic carbocycles. The summed E-state index contributed by atoms with van der Waals surface area (Å²) < 4.78 is 10.6. The molecule has 2 rings (SSSR count). The Balaban J connectivity index is 2.29. The van der Waals surface area contributed by atoms with Crippen molar-refractivity contribution in [2.45, 2.75) is 20.5 Å². The highest BCUT2D eigenvalue weighted by atomic mass is 16.5. The summed E-state index contributed by atoms with van der Waals surface area (Å²) in [4.78, 5) is 26.1. The Hall–Kier alpha value is -2.56. The maximum atomic E-state index is 12.0. The van der Waals surface area contributed by atoms with Crippen molar-refractivity contribution in [1.82, 2.24) is 4.98 Å². The smallest absolute Gasteiger partial charge is 0.343 e. The van der Waals surface area contributed by atoms with Gasteiger partial charge in [0.25, 0.3) is 5.56 Å². The third kappa shape index (κ3) is 3.72. The Morgan fingerprint density at radius 2 is 1.95 bits per heavy atom. The third-order valence-corrected chi connectivity index (χ3v) is 2.91. The molecule has 0 fully saturated rings. The highest BCUT2D eigenvalue weighted by Gasteiger charge is 2.18. The maximum Gasteiger partial charge on any atom is 0.343 e. The molecule has 110 valence electrons. The number of pyridine rings is 1. The fourth-order valence-corrected chi connectivity index (χ4v) is 1.97. The van der Waals surface area contributed by atoms with Crippen molar-refractivity contribution in [2.75, 3.05) is 6.61 Å². The van der Waals surface area contributed by atoms with Gasteiger partial charge in [-0.2, -0.15) is 0 Å². The van der Waals surface area contributed by atoms with E-state index in [0.29, 0.717) is 5.69 Å². The number of esters is 1. The summed E-state index contributed by atoms with van der Waals surface area (Å²) >= 11 is 0. The van der Waals surface area contributed by atoms with Crippen LogP contribution < -0.4 is 10.3 Å². The molecule has 0 aliphatic heterocycles. The number of aromatic nitrogens is 1. The molecule has 5 nitrogen and oxygen atoms in total. The van der Waals surface area contributed by atoms with Crippen LogP contribution in [0.2, 0.25) is 0 Å². The zero-order valence-corrected chi connectivity index (χ0v) is 12.0. The fraction of sp³-hybridized carbons (Fsp3) is 0.250. The van der Waals surface area contributed by atoms with E-state index in [1.165, 1.54) is 6.07 Å². The van der Waals surface area contributed by atoms with Crippen LogP contribution in [0.5, 0.6) is 5.75 Å². The Labute approximate surface area is 122 Å². The second-order valence-electron chi connectivity index (χ2n) is 4.49. The molecule has 1 aromatic heterocycles. The Morgan fingerprint density at radius 3 is 2.62 bits per heavy atom. The largest absolute Gasteiger partial charge is 0.488 e. The van der Waals surface area contributed by atoms with Gasteiger partial charge in [0.1, 0.15) is 17.9 Å². The van der Waals surface area contributed by atoms with Gasteiger partial charge in [0.15, 0.2) is 0 Å². The summed E-state index contributed by atoms with van der Waals surface area (Å²) in [5.74, 6) is -0.270. The number of aryl methyl sites for hydroxylation is 1. The van der Waals surface area contributed by atoms with Gasteiger partial charge in [0.2, 0.25) is 0 Å². The van der Waals surface area contributed by atoms with Crippen LogP contribution in [0.3, 0.4) is 0 Å². The molecular formula is C16H17NO4. The molecule has 1 heterocycles. The second kappa shape index (κ2) is 6.74. The van der Waals surface area contributed by atoms with E-state index < -0.39 is 5.97 Å². The van der Waals surface area contributed by atoms with Crippen LogP contribution in [0.4, 0.5) is 0 Å². The van der Waals surface area contributed by atoms with Crippen LogP contribution in [0.25, 0.3) is 0 Å². The third-order valence-electron chi connectivity index (χ3n) is 2.91. The van der Waals surface area contributed by atoms with Crippen LogP contribution >= 0.6 is 0 Å². The number of benzene rings is 1. The van der Waals surface area contributed by atoms with Gasteiger partial charge in [-0.25, -0.2) is 4.79 Å². The van der Waals surface area contributed by atoms with E-state index in [1.54, 1.807) is 13.8 Å². The standard InChI is InChI=1S/C16H17NO4/c1-3-20-16(19)15-11(2)17-14(18)9-13(15)21-10-12-7-5-4-6-8-12/h4-9H,3,10H2,1-2H3,(H,17,18). The lowest BCUT2D eigenvalue weighted by molar-refractivity contribution is 0.0519. The molecule has 0 amide bonds. The minimum Gasteiger partial charge on any atom is -0.488 e. The lowest BCUT2D eigenvalue weighted by Crippen LogP contribution is -2.16. The molecule has 0 atom stereocenters. The summed E-state index contributed by atoms with van der Waals surface area (Å²) in [5.41, 5.74) is 1.32. The van der Waals surface area contributed by atoms with Crippen molar-refractivity contribution < 1.29 is 14.3 Å². The lowest BCUT2D eigenvalue weighted by Gasteiger charge is -2.12. The highest BCUT2D eigenvalue weighted by Crippen LogP contribution is 2.21. The van der Waals surface area contributed by atoms with Gasteiger partial charge in [0, 0.05) is 11.8 Å². The van der Waals surface area contributed by atoms with Gasteiger partial charge < -0.3 is 14.5 Å². The van der Waals surface area contributed by atoms with Crippen molar-refractivity contribution in [1.29, 1.82) is 0 Å². The molecule has 0 bridgehead atoms. The van der Waals surface area contributed by atoms with E-state index in [0.717, 1.165) is 5.56 Å². The first-order valence-corrected chi connectivity index (χ1v) is 6.69. The number of carbonyl (C=O) groups excluding carboxylic acids is 1. The summed E-state index contributed by atoms with van der Waals surface area (Å²) in [6, 6.07) is 10.8. The summed E-state index contributed by atoms with van der Waals surface area (Å²) in [6.07, 6.45) is 0. The topological polar surface area (TPSA) is 68.4 Å². The predicted molar refractivity (Wildman–Crippen MR) is 78.5 cm³/mol. The van der Waals surface area contributed by atoms with E-state index in [4.69, 9.17) is 9.47 Å². The lowest BCUT2D eigenvalue weighted by atomic mass is 10.2. The Kier molecular flexibility index (Phi) is 4.77. The summed E-state index contributed by atoms with van der Waals surface area (Å²) in [5, 5.41) is 0. The normalized spacial score (nSPS) is 10.2. The molecule has 0 aliphatic rings. The van der Waals surface area contributed by atoms with Crippen LogP contribution in [0.15, 0.2) is 41.2 Å². The van der Waals surface area contributed by atoms with Crippen LogP contribution in [-0.4, -0.2) is 17.6 Å². The molecule has 5 heteroatoms. The van der Waals surface area contributed by atoms with Gasteiger partial charge in [-0.15, -0.1) is 0 Å². The first kappa shape index (κ1) is 14.8. The first-order chi connectivity index (χ1) is 10.1. The number of hydrogen-bond donors (Lipinski definition) is 1. The van der Waals surface area contributed by atoms with Crippen molar-refractivity contribution in [3.8, 4) is 5.75 Å². The minimum absolute atomic E-state index is 0.235. The van der Waals surface area contributed by atoms with E-state index >= 15 is 0 Å². The second-order valence-corrected chi connectivity index (χ2v) is 4.49. The van der Waals surface area contributed by atoms with Crippen molar-refractivity contribution in [3.05, 3.63) is 63.6 Å². The Morgan fingerprint density at radius 1 is 1.24 bits per heavy atom. The van der Waals surface area contributed by atoms with E-state index in [9.17, 15) is 9.59 Å². The van der Waals surface area contributed by atoms with Gasteiger partial charge in [-0.05, 0) is 19.4 Å². The number of aromatic amines is 1. The van der Waals surface area contributed by atoms with Gasteiger partial charge in [0.05, 0.1) is 6.61 Å². The fourth-order valence-electron chi connectivity index (χ4n) is 1.97. The van der Waals surface area contributed by atoms with Crippen molar-refractivity contribution in [2.24, 2.45) is 0 Å². The molecule has 1 N–H and O–H groups in total. The first-order valence-electron chi connectivity index (χ1n) is 6.69. The number of carbonyl (C=O) groups is 1. The van der Waals surface area contributed by atoms with E-state index in [1.807, 2.05) is 30.3 Å². The van der Waals surface area contributed by atoms with Gasteiger partial charge in [-0.3, -0.25) is 4.79 Å². The summed E-state index contributed by atoms with van der Waals surface area (Å²) in [7, 11) is 0. The average Bonchev–Trinajstić information content (AvgIpc) is 2.45. The molecule has 0 saturated carbocycles. The molecule has 0 aliphatic carbocycles.